The topological polar surface area (TPSA) is 38.7 Å². The van der Waals surface area contributed by atoms with E-state index in [0.29, 0.717) is 17.9 Å². The van der Waals surface area contributed by atoms with Gasteiger partial charge >= 0.3 is 0 Å². The molecule has 0 fully saturated rings. The molecule has 0 amide bonds. The number of methoxy groups -OCH3 is 2. The van der Waals surface area contributed by atoms with Crippen LogP contribution in [0.4, 0.5) is 0 Å². The summed E-state index contributed by atoms with van der Waals surface area (Å²) in [4.78, 5) is 0. The summed E-state index contributed by atoms with van der Waals surface area (Å²) in [6.07, 6.45) is 0.0253. The number of aryl methyl sites for hydroxylation is 1. The predicted octanol–water partition coefficient (Wildman–Crippen LogP) is 3.29. The van der Waals surface area contributed by atoms with Gasteiger partial charge in [-0.3, -0.25) is 0 Å². The first-order valence-electron chi connectivity index (χ1n) is 6.59. The number of aliphatic hydroxyl groups excluding tert-OH is 1. The summed E-state index contributed by atoms with van der Waals surface area (Å²) in [7, 11) is 3.22. The van der Waals surface area contributed by atoms with Gasteiger partial charge in [0.05, 0.1) is 20.3 Å². The van der Waals surface area contributed by atoms with Crippen LogP contribution in [0.3, 0.4) is 0 Å². The summed E-state index contributed by atoms with van der Waals surface area (Å²) in [6, 6.07) is 13.6. The molecule has 0 aromatic heterocycles. The summed E-state index contributed by atoms with van der Waals surface area (Å²) in [5.41, 5.74) is 3.12. The molecule has 0 aliphatic carbocycles. The zero-order valence-corrected chi connectivity index (χ0v) is 12.1. The third kappa shape index (κ3) is 3.31. The molecule has 1 atom stereocenters. The Hall–Kier alpha value is -2.00. The molecule has 20 heavy (non-hydrogen) atoms. The molecule has 3 heteroatoms. The molecule has 0 saturated carbocycles. The van der Waals surface area contributed by atoms with Crippen LogP contribution in [0.2, 0.25) is 0 Å². The Kier molecular flexibility index (Phi) is 4.64. The van der Waals surface area contributed by atoms with Crippen molar-refractivity contribution in [3.8, 4) is 11.5 Å². The van der Waals surface area contributed by atoms with Crippen LogP contribution in [0.5, 0.6) is 11.5 Å². The largest absolute Gasteiger partial charge is 0.493 e. The Bertz CT molecular complexity index is 561. The van der Waals surface area contributed by atoms with Gasteiger partial charge in [-0.1, -0.05) is 35.9 Å². The molecule has 2 aromatic rings. The minimum Gasteiger partial charge on any atom is -0.493 e. The molecule has 0 aliphatic rings. The summed E-state index contributed by atoms with van der Waals surface area (Å²) >= 11 is 0. The van der Waals surface area contributed by atoms with E-state index in [9.17, 15) is 5.11 Å². The fourth-order valence-electron chi connectivity index (χ4n) is 2.14. The summed E-state index contributed by atoms with van der Waals surface area (Å²) < 4.78 is 10.5. The predicted molar refractivity (Wildman–Crippen MR) is 79.4 cm³/mol. The van der Waals surface area contributed by atoms with E-state index in [1.165, 1.54) is 5.56 Å². The number of hydrogen-bond donors (Lipinski definition) is 1. The van der Waals surface area contributed by atoms with Crippen molar-refractivity contribution in [2.75, 3.05) is 14.2 Å². The van der Waals surface area contributed by atoms with Gasteiger partial charge in [0.25, 0.3) is 0 Å². The molecule has 106 valence electrons. The van der Waals surface area contributed by atoms with E-state index in [1.54, 1.807) is 14.2 Å². The highest BCUT2D eigenvalue weighted by Crippen LogP contribution is 2.29. The van der Waals surface area contributed by atoms with Crippen molar-refractivity contribution in [2.45, 2.75) is 19.4 Å². The van der Waals surface area contributed by atoms with Crippen LogP contribution in [-0.4, -0.2) is 19.3 Å². The zero-order chi connectivity index (χ0) is 14.5. The standard InChI is InChI=1S/C17H20O3/c1-12-4-7-14(8-5-12)15(18)10-13-6-9-16(19-2)17(11-13)20-3/h4-9,11,15,18H,10H2,1-3H3. The van der Waals surface area contributed by atoms with E-state index in [1.807, 2.05) is 49.4 Å². The van der Waals surface area contributed by atoms with Crippen LogP contribution >= 0.6 is 0 Å². The molecule has 0 saturated heterocycles. The molecular weight excluding hydrogens is 252 g/mol. The normalized spacial score (nSPS) is 12.0. The number of benzene rings is 2. The maximum atomic E-state index is 10.3. The van der Waals surface area contributed by atoms with Crippen LogP contribution < -0.4 is 9.47 Å². The van der Waals surface area contributed by atoms with E-state index in [2.05, 4.69) is 0 Å². The van der Waals surface area contributed by atoms with Gasteiger partial charge in [0.1, 0.15) is 0 Å². The molecule has 0 bridgehead atoms. The Morgan fingerprint density at radius 1 is 0.950 bits per heavy atom. The molecule has 0 spiro atoms. The number of aliphatic hydroxyl groups is 1. The summed E-state index contributed by atoms with van der Waals surface area (Å²) in [5, 5.41) is 10.3. The average molecular weight is 272 g/mol. The fourth-order valence-corrected chi connectivity index (χ4v) is 2.14. The van der Waals surface area contributed by atoms with E-state index >= 15 is 0 Å². The first kappa shape index (κ1) is 14.4. The van der Waals surface area contributed by atoms with E-state index in [0.717, 1.165) is 11.1 Å². The SMILES string of the molecule is COc1ccc(CC(O)c2ccc(C)cc2)cc1OC. The maximum absolute atomic E-state index is 10.3. The molecule has 1 N–H and O–H groups in total. The Labute approximate surface area is 119 Å². The molecule has 0 radical (unpaired) electrons. The first-order chi connectivity index (χ1) is 9.63. The van der Waals surface area contributed by atoms with Crippen LogP contribution in [0, 0.1) is 6.92 Å². The lowest BCUT2D eigenvalue weighted by Gasteiger charge is -2.13. The average Bonchev–Trinajstić information content (AvgIpc) is 2.47. The minimum atomic E-state index is -0.520. The van der Waals surface area contributed by atoms with Gasteiger partial charge < -0.3 is 14.6 Å². The van der Waals surface area contributed by atoms with Crippen LogP contribution in [0.25, 0.3) is 0 Å². The lowest BCUT2D eigenvalue weighted by molar-refractivity contribution is 0.178. The van der Waals surface area contributed by atoms with Gasteiger partial charge in [-0.05, 0) is 30.2 Å². The second-order valence-electron chi connectivity index (χ2n) is 4.82. The highest BCUT2D eigenvalue weighted by Gasteiger charge is 2.11. The van der Waals surface area contributed by atoms with E-state index in [-0.39, 0.29) is 0 Å². The number of hydrogen-bond acceptors (Lipinski definition) is 3. The van der Waals surface area contributed by atoms with Crippen LogP contribution in [0.15, 0.2) is 42.5 Å². The van der Waals surface area contributed by atoms with Crippen molar-refractivity contribution in [1.82, 2.24) is 0 Å². The highest BCUT2D eigenvalue weighted by molar-refractivity contribution is 5.43. The van der Waals surface area contributed by atoms with E-state index in [4.69, 9.17) is 9.47 Å². The minimum absolute atomic E-state index is 0.520. The van der Waals surface area contributed by atoms with Gasteiger partial charge in [0, 0.05) is 6.42 Å². The molecule has 0 aliphatic heterocycles. The quantitative estimate of drug-likeness (QED) is 0.907. The van der Waals surface area contributed by atoms with Gasteiger partial charge in [0.2, 0.25) is 0 Å². The van der Waals surface area contributed by atoms with Crippen molar-refractivity contribution in [3.63, 3.8) is 0 Å². The Balaban J connectivity index is 2.15. The Morgan fingerprint density at radius 2 is 1.60 bits per heavy atom. The van der Waals surface area contributed by atoms with E-state index < -0.39 is 6.10 Å². The fraction of sp³-hybridized carbons (Fsp3) is 0.294. The third-order valence-corrected chi connectivity index (χ3v) is 3.34. The second-order valence-corrected chi connectivity index (χ2v) is 4.82. The highest BCUT2D eigenvalue weighted by atomic mass is 16.5. The summed E-state index contributed by atoms with van der Waals surface area (Å²) in [6.45, 7) is 2.03. The number of rotatable bonds is 5. The Morgan fingerprint density at radius 3 is 2.20 bits per heavy atom. The van der Waals surface area contributed by atoms with Crippen molar-refractivity contribution in [3.05, 3.63) is 59.2 Å². The first-order valence-corrected chi connectivity index (χ1v) is 6.59. The third-order valence-electron chi connectivity index (χ3n) is 3.34. The second kappa shape index (κ2) is 6.44. The molecule has 1 unspecified atom stereocenters. The molecule has 2 aromatic carbocycles. The summed E-state index contributed by atoms with van der Waals surface area (Å²) in [5.74, 6) is 1.38. The van der Waals surface area contributed by atoms with Crippen molar-refractivity contribution in [2.24, 2.45) is 0 Å². The lowest BCUT2D eigenvalue weighted by Crippen LogP contribution is -2.02. The van der Waals surface area contributed by atoms with Gasteiger partial charge in [-0.2, -0.15) is 0 Å². The van der Waals surface area contributed by atoms with Gasteiger partial charge in [0.15, 0.2) is 11.5 Å². The lowest BCUT2D eigenvalue weighted by atomic mass is 10.0. The zero-order valence-electron chi connectivity index (χ0n) is 12.1. The van der Waals surface area contributed by atoms with Crippen molar-refractivity contribution in [1.29, 1.82) is 0 Å². The van der Waals surface area contributed by atoms with Gasteiger partial charge in [-0.25, -0.2) is 0 Å². The smallest absolute Gasteiger partial charge is 0.160 e. The molecule has 0 heterocycles. The maximum Gasteiger partial charge on any atom is 0.160 e. The van der Waals surface area contributed by atoms with Gasteiger partial charge in [-0.15, -0.1) is 0 Å². The monoisotopic (exact) mass is 272 g/mol. The number of ether oxygens (including phenoxy) is 2. The molecule has 3 nitrogen and oxygen atoms in total. The molecule has 2 rings (SSSR count). The van der Waals surface area contributed by atoms with Crippen molar-refractivity contribution >= 4 is 0 Å². The van der Waals surface area contributed by atoms with Crippen LogP contribution in [-0.2, 0) is 6.42 Å². The molecular formula is C17H20O3. The van der Waals surface area contributed by atoms with Crippen molar-refractivity contribution < 1.29 is 14.6 Å². The van der Waals surface area contributed by atoms with Crippen LogP contribution in [0.1, 0.15) is 22.8 Å².